The second kappa shape index (κ2) is 5.09. The molecule has 0 bridgehead atoms. The molecule has 1 aliphatic carbocycles. The Balaban J connectivity index is 1.49. The zero-order chi connectivity index (χ0) is 12.5. The molecule has 1 aromatic carbocycles. The molecule has 3 rings (SSSR count). The second-order valence-electron chi connectivity index (χ2n) is 4.87. The highest BCUT2D eigenvalue weighted by atomic mass is 32.2. The lowest BCUT2D eigenvalue weighted by atomic mass is 9.88. The normalized spacial score (nSPS) is 38.0. The molecular weight excluding hydrogens is 252 g/mol. The molecule has 98 valence electrons. The Kier molecular flexibility index (Phi) is 3.48. The minimum atomic E-state index is -0.395. The molecule has 0 radical (unpaired) electrons. The van der Waals surface area contributed by atoms with Crippen molar-refractivity contribution in [1.82, 2.24) is 0 Å². The molecule has 1 N–H and O–H groups in total. The van der Waals surface area contributed by atoms with E-state index in [4.69, 9.17) is 14.0 Å². The number of rotatable bonds is 4. The molecule has 1 heterocycles. The largest absolute Gasteiger partial charge is 0.392 e. The van der Waals surface area contributed by atoms with Crippen molar-refractivity contribution in [3.63, 3.8) is 0 Å². The third-order valence-corrected chi connectivity index (χ3v) is 4.41. The Labute approximate surface area is 110 Å². The van der Waals surface area contributed by atoms with Gasteiger partial charge in [-0.25, -0.2) is 0 Å². The number of benzene rings is 1. The number of epoxide rings is 1. The maximum Gasteiger partial charge on any atom is 0.166 e. The van der Waals surface area contributed by atoms with Gasteiger partial charge in [-0.05, 0) is 24.5 Å². The molecule has 1 saturated heterocycles. The zero-order valence-electron chi connectivity index (χ0n) is 10.1. The summed E-state index contributed by atoms with van der Waals surface area (Å²) in [6.07, 6.45) is 0.751. The molecule has 2 aliphatic rings. The monoisotopic (exact) mass is 268 g/mol. The van der Waals surface area contributed by atoms with E-state index in [1.165, 1.54) is 0 Å². The van der Waals surface area contributed by atoms with Crippen LogP contribution in [0, 0.1) is 5.92 Å². The summed E-state index contributed by atoms with van der Waals surface area (Å²) in [6, 6.07) is 9.29. The Hall–Kier alpha value is -0.750. The van der Waals surface area contributed by atoms with Crippen LogP contribution in [0.5, 0.6) is 5.75 Å². The zero-order valence-corrected chi connectivity index (χ0v) is 10.9. The van der Waals surface area contributed by atoms with E-state index in [9.17, 15) is 5.11 Å². The first-order valence-electron chi connectivity index (χ1n) is 6.14. The van der Waals surface area contributed by atoms with Crippen LogP contribution in [-0.2, 0) is 9.07 Å². The number of aliphatic hydroxyl groups is 1. The highest BCUT2D eigenvalue weighted by Crippen LogP contribution is 2.45. The third-order valence-electron chi connectivity index (χ3n) is 3.46. The molecule has 4 nitrogen and oxygen atoms in total. The Bertz CT molecular complexity index is 397. The van der Waals surface area contributed by atoms with E-state index in [-0.39, 0.29) is 17.5 Å². The van der Waals surface area contributed by atoms with Gasteiger partial charge < -0.3 is 14.7 Å². The van der Waals surface area contributed by atoms with Crippen molar-refractivity contribution in [3.8, 4) is 5.75 Å². The molecule has 0 spiro atoms. The van der Waals surface area contributed by atoms with Crippen molar-refractivity contribution in [3.05, 3.63) is 30.3 Å². The van der Waals surface area contributed by atoms with Gasteiger partial charge in [0.15, 0.2) is 5.75 Å². The van der Waals surface area contributed by atoms with E-state index >= 15 is 0 Å². The Morgan fingerprint density at radius 2 is 2.06 bits per heavy atom. The van der Waals surface area contributed by atoms with Crippen LogP contribution in [-0.4, -0.2) is 28.7 Å². The highest BCUT2D eigenvalue weighted by molar-refractivity contribution is 7.95. The van der Waals surface area contributed by atoms with Gasteiger partial charge in [0.1, 0.15) is 6.10 Å². The molecule has 5 heteroatoms. The summed E-state index contributed by atoms with van der Waals surface area (Å²) < 4.78 is 10.7. The number of hydrogen-bond donors (Lipinski definition) is 1. The summed E-state index contributed by atoms with van der Waals surface area (Å²) in [5, 5.41) is 9.94. The van der Waals surface area contributed by atoms with Crippen molar-refractivity contribution in [1.29, 1.82) is 0 Å². The number of aliphatic hydroxyl groups excluding tert-OH is 1. The summed E-state index contributed by atoms with van der Waals surface area (Å²) in [5.74, 6) is 1.08. The molecule has 18 heavy (non-hydrogen) atoms. The van der Waals surface area contributed by atoms with Gasteiger partial charge in [0, 0.05) is 0 Å². The molecule has 0 amide bonds. The van der Waals surface area contributed by atoms with E-state index in [1.54, 1.807) is 0 Å². The van der Waals surface area contributed by atoms with Gasteiger partial charge in [-0.3, -0.25) is 0 Å². The predicted molar refractivity (Wildman–Crippen MR) is 68.0 cm³/mol. The molecule has 1 aliphatic heterocycles. The fourth-order valence-electron chi connectivity index (χ4n) is 2.43. The maximum atomic E-state index is 10.00. The first-order chi connectivity index (χ1) is 8.75. The van der Waals surface area contributed by atoms with Gasteiger partial charge in [0.05, 0.1) is 29.5 Å². The van der Waals surface area contributed by atoms with Gasteiger partial charge >= 0.3 is 0 Å². The maximum absolute atomic E-state index is 10.00. The molecular formula is C13H16O4S. The average Bonchev–Trinajstić information content (AvgIpc) is 3.15. The summed E-state index contributed by atoms with van der Waals surface area (Å²) >= 11 is 1.15. The number of ether oxygens (including phenoxy) is 1. The summed E-state index contributed by atoms with van der Waals surface area (Å²) in [7, 11) is 0. The first kappa shape index (κ1) is 12.3. The number of fused-ring (bicyclic) bond motifs is 1. The number of para-hydroxylation sites is 1. The van der Waals surface area contributed by atoms with E-state index < -0.39 is 6.10 Å². The van der Waals surface area contributed by atoms with Crippen LogP contribution < -0.4 is 4.89 Å². The molecule has 1 saturated carbocycles. The van der Waals surface area contributed by atoms with E-state index in [1.807, 2.05) is 30.3 Å². The van der Waals surface area contributed by atoms with Gasteiger partial charge in [-0.2, -0.15) is 0 Å². The van der Waals surface area contributed by atoms with Crippen molar-refractivity contribution < 1.29 is 19.1 Å². The minimum absolute atomic E-state index is 0.0603. The van der Waals surface area contributed by atoms with Crippen molar-refractivity contribution >= 4 is 12.0 Å². The quantitative estimate of drug-likeness (QED) is 0.392. The van der Waals surface area contributed by atoms with Crippen molar-refractivity contribution in [2.75, 3.05) is 0 Å². The fraction of sp³-hybridized carbons (Fsp3) is 0.538. The van der Waals surface area contributed by atoms with Crippen molar-refractivity contribution in [2.24, 2.45) is 5.92 Å². The standard InChI is InChI=1S/C13H16O4S/c1-8-7-10(14)13(12-11(8)15-12)18-17-16-9-5-3-2-4-6-9/h2-6,8,10-14H,7H2,1H3/t8-,10+,11-,12-,13-/m0/s1. The molecule has 0 unspecified atom stereocenters. The van der Waals surface area contributed by atoms with E-state index in [0.717, 1.165) is 18.5 Å². The topological polar surface area (TPSA) is 51.2 Å². The third kappa shape index (κ3) is 2.49. The van der Waals surface area contributed by atoms with Gasteiger partial charge in [0.25, 0.3) is 0 Å². The first-order valence-corrected chi connectivity index (χ1v) is 6.95. The second-order valence-corrected chi connectivity index (χ2v) is 5.74. The van der Waals surface area contributed by atoms with Gasteiger partial charge in [0.2, 0.25) is 0 Å². The van der Waals surface area contributed by atoms with Gasteiger partial charge in [-0.1, -0.05) is 25.1 Å². The lowest BCUT2D eigenvalue weighted by Crippen LogP contribution is -2.37. The van der Waals surface area contributed by atoms with Crippen LogP contribution in [0.4, 0.5) is 0 Å². The van der Waals surface area contributed by atoms with Crippen LogP contribution >= 0.6 is 12.0 Å². The number of hydrogen-bond acceptors (Lipinski definition) is 5. The van der Waals surface area contributed by atoms with E-state index in [2.05, 4.69) is 6.92 Å². The lowest BCUT2D eigenvalue weighted by molar-refractivity contribution is -0.0801. The highest BCUT2D eigenvalue weighted by Gasteiger charge is 2.55. The van der Waals surface area contributed by atoms with Gasteiger partial charge in [-0.15, -0.1) is 4.33 Å². The van der Waals surface area contributed by atoms with Crippen molar-refractivity contribution in [2.45, 2.75) is 36.9 Å². The SMILES string of the molecule is C[C@H]1C[C@@H](O)[C@H](SOOc2ccccc2)[C@H]2O[C@H]21. The minimum Gasteiger partial charge on any atom is -0.392 e. The lowest BCUT2D eigenvalue weighted by Gasteiger charge is -2.26. The van der Waals surface area contributed by atoms with Crippen LogP contribution in [0.2, 0.25) is 0 Å². The van der Waals surface area contributed by atoms with Crippen LogP contribution in [0.15, 0.2) is 30.3 Å². The smallest absolute Gasteiger partial charge is 0.166 e. The van der Waals surface area contributed by atoms with Crippen LogP contribution in [0.25, 0.3) is 0 Å². The Morgan fingerprint density at radius 3 is 2.83 bits per heavy atom. The average molecular weight is 268 g/mol. The molecule has 2 fully saturated rings. The molecule has 0 aromatic heterocycles. The molecule has 1 aromatic rings. The summed E-state index contributed by atoms with van der Waals surface area (Å²) in [5.41, 5.74) is 0. The fourth-order valence-corrected chi connectivity index (χ4v) is 3.20. The summed E-state index contributed by atoms with van der Waals surface area (Å²) in [6.45, 7) is 2.11. The van der Waals surface area contributed by atoms with Crippen LogP contribution in [0.1, 0.15) is 13.3 Å². The predicted octanol–water partition coefficient (Wildman–Crippen LogP) is 2.18. The Morgan fingerprint density at radius 1 is 1.28 bits per heavy atom. The van der Waals surface area contributed by atoms with E-state index in [0.29, 0.717) is 11.7 Å². The van der Waals surface area contributed by atoms with Crippen LogP contribution in [0.3, 0.4) is 0 Å². The summed E-state index contributed by atoms with van der Waals surface area (Å²) in [4.78, 5) is 5.15. The molecule has 5 atom stereocenters.